The summed E-state index contributed by atoms with van der Waals surface area (Å²) in [6.45, 7) is 7.71. The summed E-state index contributed by atoms with van der Waals surface area (Å²) in [5.41, 5.74) is 0.0748. The van der Waals surface area contributed by atoms with Gasteiger partial charge in [0, 0.05) is 18.7 Å². The topological polar surface area (TPSA) is 21.3 Å². The van der Waals surface area contributed by atoms with E-state index in [1.165, 1.54) is 57.8 Å². The molecule has 19 heavy (non-hydrogen) atoms. The first kappa shape index (κ1) is 15.3. The van der Waals surface area contributed by atoms with Crippen molar-refractivity contribution in [3.63, 3.8) is 0 Å². The number of hydrogen-bond acceptors (Lipinski definition) is 2. The molecule has 2 heteroatoms. The van der Waals surface area contributed by atoms with E-state index >= 15 is 0 Å². The van der Waals surface area contributed by atoms with E-state index in [1.54, 1.807) is 0 Å². The lowest BCUT2D eigenvalue weighted by Gasteiger charge is -2.37. The highest BCUT2D eigenvalue weighted by atomic mass is 16.5. The number of hydrogen-bond donors (Lipinski definition) is 1. The van der Waals surface area contributed by atoms with Crippen molar-refractivity contribution in [2.24, 2.45) is 5.92 Å². The highest BCUT2D eigenvalue weighted by molar-refractivity contribution is 4.86. The molecule has 0 bridgehead atoms. The standard InChI is InChI=1S/C17H33NO/c1-4-6-14-7-5-8-15(10-9-14)18-16-11-12-19-17(2,3)13-16/h14-16,18H,4-13H2,1-3H3. The molecule has 2 nitrogen and oxygen atoms in total. The lowest BCUT2D eigenvalue weighted by atomic mass is 9.92. The molecule has 3 atom stereocenters. The fourth-order valence-electron chi connectivity index (χ4n) is 3.95. The second-order valence-electron chi connectivity index (χ2n) is 7.32. The van der Waals surface area contributed by atoms with Gasteiger partial charge in [-0.2, -0.15) is 0 Å². The lowest BCUT2D eigenvalue weighted by molar-refractivity contribution is -0.0643. The summed E-state index contributed by atoms with van der Waals surface area (Å²) in [6, 6.07) is 1.44. The monoisotopic (exact) mass is 267 g/mol. The third-order valence-corrected chi connectivity index (χ3v) is 4.95. The lowest BCUT2D eigenvalue weighted by Crippen LogP contribution is -2.47. The largest absolute Gasteiger partial charge is 0.375 e. The van der Waals surface area contributed by atoms with Gasteiger partial charge in [0.15, 0.2) is 0 Å². The van der Waals surface area contributed by atoms with Crippen LogP contribution in [0.1, 0.15) is 78.6 Å². The van der Waals surface area contributed by atoms with Crippen molar-refractivity contribution in [1.82, 2.24) is 5.32 Å². The van der Waals surface area contributed by atoms with Gasteiger partial charge in [-0.1, -0.05) is 32.6 Å². The van der Waals surface area contributed by atoms with E-state index in [0.29, 0.717) is 6.04 Å². The molecule has 1 saturated heterocycles. The molecule has 1 heterocycles. The van der Waals surface area contributed by atoms with E-state index in [-0.39, 0.29) is 5.60 Å². The minimum absolute atomic E-state index is 0.0748. The van der Waals surface area contributed by atoms with Gasteiger partial charge >= 0.3 is 0 Å². The Morgan fingerprint density at radius 1 is 1.05 bits per heavy atom. The van der Waals surface area contributed by atoms with Gasteiger partial charge in [0.2, 0.25) is 0 Å². The van der Waals surface area contributed by atoms with Crippen molar-refractivity contribution in [2.75, 3.05) is 6.61 Å². The number of rotatable bonds is 4. The third-order valence-electron chi connectivity index (χ3n) is 4.95. The van der Waals surface area contributed by atoms with E-state index in [1.807, 2.05) is 0 Å². The van der Waals surface area contributed by atoms with Gasteiger partial charge in [-0.15, -0.1) is 0 Å². The summed E-state index contributed by atoms with van der Waals surface area (Å²) in [6.07, 6.45) is 12.3. The minimum Gasteiger partial charge on any atom is -0.375 e. The van der Waals surface area contributed by atoms with Gasteiger partial charge in [-0.25, -0.2) is 0 Å². The van der Waals surface area contributed by atoms with Crippen LogP contribution in [0, 0.1) is 5.92 Å². The van der Waals surface area contributed by atoms with Gasteiger partial charge in [-0.3, -0.25) is 0 Å². The molecule has 3 unspecified atom stereocenters. The van der Waals surface area contributed by atoms with Crippen molar-refractivity contribution in [3.8, 4) is 0 Å². The second kappa shape index (κ2) is 7.08. The Bertz CT molecular complexity index is 264. The van der Waals surface area contributed by atoms with Crippen LogP contribution in [0.15, 0.2) is 0 Å². The average Bonchev–Trinajstić information content (AvgIpc) is 2.54. The van der Waals surface area contributed by atoms with Gasteiger partial charge in [0.1, 0.15) is 0 Å². The van der Waals surface area contributed by atoms with Gasteiger partial charge in [0.05, 0.1) is 5.60 Å². The smallest absolute Gasteiger partial charge is 0.0641 e. The first-order chi connectivity index (χ1) is 9.09. The van der Waals surface area contributed by atoms with Crippen LogP contribution in [0.4, 0.5) is 0 Å². The van der Waals surface area contributed by atoms with Gasteiger partial charge in [0.25, 0.3) is 0 Å². The predicted molar refractivity (Wildman–Crippen MR) is 81.5 cm³/mol. The Balaban J connectivity index is 1.76. The highest BCUT2D eigenvalue weighted by Gasteiger charge is 2.30. The average molecular weight is 267 g/mol. The molecule has 0 aromatic rings. The zero-order valence-corrected chi connectivity index (χ0v) is 13.2. The summed E-state index contributed by atoms with van der Waals surface area (Å²) in [5.74, 6) is 1.00. The van der Waals surface area contributed by atoms with Crippen LogP contribution in [0.3, 0.4) is 0 Å². The SMILES string of the molecule is CCCC1CCCC(NC2CCOC(C)(C)C2)CC1. The van der Waals surface area contributed by atoms with Crippen LogP contribution in [0.2, 0.25) is 0 Å². The summed E-state index contributed by atoms with van der Waals surface area (Å²) in [7, 11) is 0. The van der Waals surface area contributed by atoms with E-state index in [0.717, 1.165) is 18.6 Å². The van der Waals surface area contributed by atoms with Gasteiger partial charge < -0.3 is 10.1 Å². The molecule has 0 aromatic heterocycles. The second-order valence-corrected chi connectivity index (χ2v) is 7.32. The van der Waals surface area contributed by atoms with Crippen molar-refractivity contribution >= 4 is 0 Å². The summed E-state index contributed by atoms with van der Waals surface area (Å²) < 4.78 is 5.82. The molecule has 0 aromatic carbocycles. The molecule has 0 spiro atoms. The van der Waals surface area contributed by atoms with E-state index in [9.17, 15) is 0 Å². The Labute approximate surface area is 119 Å². The molecule has 1 N–H and O–H groups in total. The first-order valence-electron chi connectivity index (χ1n) is 8.49. The molecule has 2 aliphatic rings. The van der Waals surface area contributed by atoms with Crippen LogP contribution < -0.4 is 5.32 Å². The third kappa shape index (κ3) is 5.07. The molecule has 1 aliphatic carbocycles. The Hall–Kier alpha value is -0.0800. The fourth-order valence-corrected chi connectivity index (χ4v) is 3.95. The maximum atomic E-state index is 5.82. The summed E-state index contributed by atoms with van der Waals surface area (Å²) in [4.78, 5) is 0. The quantitative estimate of drug-likeness (QED) is 0.768. The highest BCUT2D eigenvalue weighted by Crippen LogP contribution is 2.29. The molecular weight excluding hydrogens is 234 g/mol. The zero-order valence-electron chi connectivity index (χ0n) is 13.2. The minimum atomic E-state index is 0.0748. The molecule has 1 saturated carbocycles. The molecule has 0 radical (unpaired) electrons. The van der Waals surface area contributed by atoms with Crippen LogP contribution in [0.25, 0.3) is 0 Å². The Kier molecular flexibility index (Phi) is 5.70. The molecule has 1 aliphatic heterocycles. The molecule has 0 amide bonds. The van der Waals surface area contributed by atoms with Gasteiger partial charge in [-0.05, 0) is 51.9 Å². The van der Waals surface area contributed by atoms with Crippen molar-refractivity contribution in [3.05, 3.63) is 0 Å². The number of nitrogens with one attached hydrogen (secondary N) is 1. The molecule has 2 rings (SSSR count). The predicted octanol–water partition coefficient (Wildman–Crippen LogP) is 4.28. The Morgan fingerprint density at radius 2 is 1.89 bits per heavy atom. The van der Waals surface area contributed by atoms with Crippen molar-refractivity contribution in [2.45, 2.75) is 96.2 Å². The zero-order chi connectivity index (χ0) is 13.7. The Morgan fingerprint density at radius 3 is 2.63 bits per heavy atom. The fraction of sp³-hybridized carbons (Fsp3) is 1.00. The number of ether oxygens (including phenoxy) is 1. The van der Waals surface area contributed by atoms with E-state index in [2.05, 4.69) is 26.1 Å². The molecule has 112 valence electrons. The van der Waals surface area contributed by atoms with Crippen LogP contribution >= 0.6 is 0 Å². The van der Waals surface area contributed by atoms with E-state index in [4.69, 9.17) is 4.74 Å². The van der Waals surface area contributed by atoms with Crippen LogP contribution in [-0.2, 0) is 4.74 Å². The normalized spacial score (nSPS) is 35.8. The first-order valence-corrected chi connectivity index (χ1v) is 8.49. The maximum Gasteiger partial charge on any atom is 0.0641 e. The van der Waals surface area contributed by atoms with Crippen molar-refractivity contribution < 1.29 is 4.74 Å². The summed E-state index contributed by atoms with van der Waals surface area (Å²) in [5, 5.41) is 3.94. The van der Waals surface area contributed by atoms with Crippen LogP contribution in [-0.4, -0.2) is 24.3 Å². The molecule has 2 fully saturated rings. The van der Waals surface area contributed by atoms with Crippen LogP contribution in [0.5, 0.6) is 0 Å². The van der Waals surface area contributed by atoms with E-state index < -0.39 is 0 Å². The summed E-state index contributed by atoms with van der Waals surface area (Å²) >= 11 is 0. The van der Waals surface area contributed by atoms with Crippen molar-refractivity contribution in [1.29, 1.82) is 0 Å². The molecular formula is C17H33NO. The maximum absolute atomic E-state index is 5.82.